The lowest BCUT2D eigenvalue weighted by Crippen LogP contribution is -2.20. The van der Waals surface area contributed by atoms with Gasteiger partial charge in [-0.25, -0.2) is 35.9 Å². The summed E-state index contributed by atoms with van der Waals surface area (Å²) in [7, 11) is -4.02. The van der Waals surface area contributed by atoms with Crippen LogP contribution in [0.2, 0.25) is 0 Å². The number of alkyl halides is 1. The number of sulfonamides is 1. The summed E-state index contributed by atoms with van der Waals surface area (Å²) in [6, 6.07) is 4.66. The Morgan fingerprint density at radius 1 is 1.12 bits per heavy atom. The van der Waals surface area contributed by atoms with Crippen LogP contribution in [0, 0.1) is 17.5 Å². The number of para-hydroxylation sites is 1. The Bertz CT molecular complexity index is 1300. The molecule has 0 saturated heterocycles. The minimum absolute atomic E-state index is 0.0427. The Morgan fingerprint density at radius 2 is 1.88 bits per heavy atom. The second-order valence-electron chi connectivity index (χ2n) is 6.82. The van der Waals surface area contributed by atoms with E-state index in [1.54, 1.807) is 13.0 Å². The van der Waals surface area contributed by atoms with Gasteiger partial charge < -0.3 is 10.6 Å². The first-order valence-electron chi connectivity index (χ1n) is 9.71. The van der Waals surface area contributed by atoms with Crippen molar-refractivity contribution in [2.24, 2.45) is 0 Å². The zero-order chi connectivity index (χ0) is 24.2. The maximum absolute atomic E-state index is 14.9. The number of nitrogens with one attached hydrogen (secondary N) is 3. The van der Waals surface area contributed by atoms with Gasteiger partial charge in [0, 0.05) is 18.0 Å². The number of benzene rings is 2. The topological polar surface area (TPSA) is 113 Å². The van der Waals surface area contributed by atoms with Crippen molar-refractivity contribution in [2.45, 2.75) is 13.3 Å². The predicted octanol–water partition coefficient (Wildman–Crippen LogP) is 3.83. The lowest BCUT2D eigenvalue weighted by Gasteiger charge is -2.14. The molecule has 0 bridgehead atoms. The number of amides is 1. The summed E-state index contributed by atoms with van der Waals surface area (Å²) >= 11 is 0. The zero-order valence-electron chi connectivity index (χ0n) is 17.3. The van der Waals surface area contributed by atoms with Crippen molar-refractivity contribution in [1.82, 2.24) is 9.97 Å². The van der Waals surface area contributed by atoms with Crippen molar-refractivity contribution in [3.8, 4) is 0 Å². The Labute approximate surface area is 186 Å². The first-order chi connectivity index (χ1) is 15.7. The van der Waals surface area contributed by atoms with Gasteiger partial charge in [-0.3, -0.25) is 9.52 Å². The Hall–Kier alpha value is -3.48. The molecule has 0 aliphatic rings. The molecule has 0 fully saturated rings. The van der Waals surface area contributed by atoms with Gasteiger partial charge in [-0.1, -0.05) is 13.0 Å². The average molecular weight is 485 g/mol. The number of fused-ring (bicyclic) bond motifs is 1. The number of hydrogen-bond donors (Lipinski definition) is 3. The number of hydrogen-bond acceptors (Lipinski definition) is 6. The van der Waals surface area contributed by atoms with Crippen LogP contribution in [0.1, 0.15) is 23.7 Å². The number of carbonyl (C=O) groups excluding carboxylic acids is 1. The molecule has 0 atom stereocenters. The molecular formula is C20H19F4N5O3S. The van der Waals surface area contributed by atoms with Crippen molar-refractivity contribution >= 4 is 44.0 Å². The molecule has 0 saturated carbocycles. The third kappa shape index (κ3) is 5.30. The molecule has 0 spiro atoms. The Kier molecular flexibility index (Phi) is 7.31. The van der Waals surface area contributed by atoms with Crippen LogP contribution >= 0.6 is 0 Å². The van der Waals surface area contributed by atoms with Crippen LogP contribution in [-0.2, 0) is 10.0 Å². The van der Waals surface area contributed by atoms with Crippen molar-refractivity contribution in [3.05, 3.63) is 53.6 Å². The van der Waals surface area contributed by atoms with E-state index in [0.29, 0.717) is 11.5 Å². The van der Waals surface area contributed by atoms with E-state index in [-0.39, 0.29) is 35.6 Å². The van der Waals surface area contributed by atoms with Crippen molar-refractivity contribution in [2.75, 3.05) is 34.3 Å². The van der Waals surface area contributed by atoms with Crippen LogP contribution in [0.4, 0.5) is 34.8 Å². The van der Waals surface area contributed by atoms with Gasteiger partial charge in [0.2, 0.25) is 10.0 Å². The third-order valence-electron chi connectivity index (χ3n) is 4.43. The van der Waals surface area contributed by atoms with Crippen LogP contribution in [-0.4, -0.2) is 43.3 Å². The summed E-state index contributed by atoms with van der Waals surface area (Å²) in [5, 5.41) is 5.01. The second kappa shape index (κ2) is 9.98. The molecular weight excluding hydrogens is 466 g/mol. The first-order valence-corrected chi connectivity index (χ1v) is 11.4. The molecule has 0 aliphatic heterocycles. The highest BCUT2D eigenvalue weighted by molar-refractivity contribution is 7.92. The van der Waals surface area contributed by atoms with Crippen LogP contribution < -0.4 is 15.4 Å². The first kappa shape index (κ1) is 24.2. The van der Waals surface area contributed by atoms with Crippen LogP contribution in [0.5, 0.6) is 0 Å². The average Bonchev–Trinajstić information content (AvgIpc) is 2.78. The van der Waals surface area contributed by atoms with Gasteiger partial charge in [-0.15, -0.1) is 0 Å². The van der Waals surface area contributed by atoms with Gasteiger partial charge in [-0.05, 0) is 18.6 Å². The van der Waals surface area contributed by atoms with Gasteiger partial charge in [0.05, 0.1) is 22.5 Å². The molecule has 176 valence electrons. The van der Waals surface area contributed by atoms with E-state index in [1.807, 2.05) is 10.0 Å². The Morgan fingerprint density at radius 3 is 2.58 bits per heavy atom. The summed E-state index contributed by atoms with van der Waals surface area (Å²) < 4.78 is 81.5. The van der Waals surface area contributed by atoms with Crippen molar-refractivity contribution in [3.63, 3.8) is 0 Å². The number of rotatable bonds is 9. The highest BCUT2D eigenvalue weighted by atomic mass is 32.2. The smallest absolute Gasteiger partial charge is 0.258 e. The number of halogens is 4. The molecule has 0 aliphatic carbocycles. The fourth-order valence-electron chi connectivity index (χ4n) is 3.03. The SMILES string of the molecule is CCCS(=O)(=O)Nc1cc(F)c(F)c(NC(=O)c2cccc3c(NCCF)ncnc23)c1F. The molecule has 3 aromatic rings. The van der Waals surface area contributed by atoms with E-state index >= 15 is 0 Å². The molecule has 33 heavy (non-hydrogen) atoms. The van der Waals surface area contributed by atoms with Crippen LogP contribution in [0.25, 0.3) is 10.9 Å². The van der Waals surface area contributed by atoms with E-state index in [9.17, 15) is 30.8 Å². The minimum Gasteiger partial charge on any atom is -0.367 e. The molecule has 1 heterocycles. The summed E-state index contributed by atoms with van der Waals surface area (Å²) in [6.45, 7) is 0.853. The zero-order valence-corrected chi connectivity index (χ0v) is 18.1. The number of anilines is 3. The molecule has 3 rings (SSSR count). The quantitative estimate of drug-likeness (QED) is 0.314. The predicted molar refractivity (Wildman–Crippen MR) is 116 cm³/mol. The third-order valence-corrected chi connectivity index (χ3v) is 5.91. The second-order valence-corrected chi connectivity index (χ2v) is 8.67. The fourth-order valence-corrected chi connectivity index (χ4v) is 4.16. The Balaban J connectivity index is 2.00. The van der Waals surface area contributed by atoms with Gasteiger partial charge >= 0.3 is 0 Å². The summed E-state index contributed by atoms with van der Waals surface area (Å²) in [5.74, 6) is -5.95. The van der Waals surface area contributed by atoms with E-state index in [1.165, 1.54) is 12.1 Å². The molecule has 2 aromatic carbocycles. The molecule has 0 radical (unpaired) electrons. The van der Waals surface area contributed by atoms with Crippen LogP contribution in [0.15, 0.2) is 30.6 Å². The van der Waals surface area contributed by atoms with Gasteiger partial charge in [0.25, 0.3) is 5.91 Å². The lowest BCUT2D eigenvalue weighted by molar-refractivity contribution is 0.102. The van der Waals surface area contributed by atoms with E-state index in [0.717, 1.165) is 6.33 Å². The molecule has 3 N–H and O–H groups in total. The van der Waals surface area contributed by atoms with Crippen molar-refractivity contribution in [1.29, 1.82) is 0 Å². The number of nitrogens with zero attached hydrogens (tertiary/aromatic N) is 2. The molecule has 1 amide bonds. The highest BCUT2D eigenvalue weighted by Crippen LogP contribution is 2.30. The maximum atomic E-state index is 14.9. The van der Waals surface area contributed by atoms with E-state index in [2.05, 4.69) is 15.3 Å². The van der Waals surface area contributed by atoms with Crippen molar-refractivity contribution < 1.29 is 30.8 Å². The molecule has 0 unspecified atom stereocenters. The fraction of sp³-hybridized carbons (Fsp3) is 0.250. The van der Waals surface area contributed by atoms with E-state index < -0.39 is 51.4 Å². The summed E-state index contributed by atoms with van der Waals surface area (Å²) in [6.07, 6.45) is 1.32. The minimum atomic E-state index is -4.02. The summed E-state index contributed by atoms with van der Waals surface area (Å²) in [5.41, 5.74) is -2.06. The molecule has 1 aromatic heterocycles. The highest BCUT2D eigenvalue weighted by Gasteiger charge is 2.24. The number of carbonyl (C=O) groups is 1. The van der Waals surface area contributed by atoms with Crippen LogP contribution in [0.3, 0.4) is 0 Å². The van der Waals surface area contributed by atoms with E-state index in [4.69, 9.17) is 0 Å². The monoisotopic (exact) mass is 485 g/mol. The van der Waals surface area contributed by atoms with Gasteiger partial charge in [0.15, 0.2) is 17.5 Å². The largest absolute Gasteiger partial charge is 0.367 e. The lowest BCUT2D eigenvalue weighted by atomic mass is 10.1. The number of aromatic nitrogens is 2. The summed E-state index contributed by atoms with van der Waals surface area (Å²) in [4.78, 5) is 20.8. The normalized spacial score (nSPS) is 11.4. The standard InChI is InChI=1S/C20H19F4N5O3S/c1-2-8-33(31,32)29-14-9-13(22)15(23)18(16(14)24)28-20(30)12-5-3-4-11-17(12)26-10-27-19(11)25-7-6-21/h3-5,9-10,29H,2,6-8H2,1H3,(H,28,30)(H,25,26,27). The molecule has 13 heteroatoms. The van der Waals surface area contributed by atoms with Gasteiger partial charge in [-0.2, -0.15) is 0 Å². The maximum Gasteiger partial charge on any atom is 0.258 e. The van der Waals surface area contributed by atoms with Gasteiger partial charge in [0.1, 0.15) is 24.5 Å². The molecule has 8 nitrogen and oxygen atoms in total.